The topological polar surface area (TPSA) is 21.8 Å². The average molecular weight is 282 g/mol. The van der Waals surface area contributed by atoms with Gasteiger partial charge in [-0.25, -0.2) is 0 Å². The maximum Gasteiger partial charge on any atom is 0.0234 e. The van der Waals surface area contributed by atoms with Crippen molar-refractivity contribution < 1.29 is 0 Å². The van der Waals surface area contributed by atoms with E-state index in [-0.39, 0.29) is 0 Å². The zero-order valence-corrected chi connectivity index (χ0v) is 13.9. The quantitative estimate of drug-likeness (QED) is 0.815. The Morgan fingerprint density at radius 3 is 2.45 bits per heavy atom. The van der Waals surface area contributed by atoms with Gasteiger partial charge >= 0.3 is 0 Å². The molecule has 0 bridgehead atoms. The van der Waals surface area contributed by atoms with Crippen molar-refractivity contribution in [1.29, 1.82) is 0 Å². The summed E-state index contributed by atoms with van der Waals surface area (Å²) in [6, 6.07) is 2.23. The van der Waals surface area contributed by atoms with Gasteiger partial charge in [0, 0.05) is 24.7 Å². The fourth-order valence-corrected chi connectivity index (χ4v) is 3.80. The summed E-state index contributed by atoms with van der Waals surface area (Å²) in [5.41, 5.74) is 0. The molecule has 2 fully saturated rings. The van der Waals surface area contributed by atoms with Crippen LogP contribution in [0.15, 0.2) is 0 Å². The summed E-state index contributed by atoms with van der Waals surface area (Å²) in [6.45, 7) is 8.52. The van der Waals surface area contributed by atoms with E-state index < -0.39 is 0 Å². The van der Waals surface area contributed by atoms with Gasteiger partial charge in [-0.2, -0.15) is 0 Å². The van der Waals surface area contributed by atoms with Crippen LogP contribution in [0.4, 0.5) is 0 Å². The minimum Gasteiger partial charge on any atom is -0.317 e. The van der Waals surface area contributed by atoms with Crippen LogP contribution < -0.4 is 5.32 Å². The zero-order chi connectivity index (χ0) is 14.5. The number of likely N-dealkylation sites (N-methyl/N-ethyl adjacent to an activating group) is 2. The summed E-state index contributed by atoms with van der Waals surface area (Å²) in [7, 11) is 6.74. The Bertz CT molecular complexity index is 276. The molecule has 2 unspecified atom stereocenters. The van der Waals surface area contributed by atoms with Crippen molar-refractivity contribution in [2.75, 3.05) is 53.9 Å². The monoisotopic (exact) mass is 282 g/mol. The maximum atomic E-state index is 3.47. The Morgan fingerprint density at radius 2 is 1.85 bits per heavy atom. The Hall–Kier alpha value is -0.160. The molecule has 2 rings (SSSR count). The summed E-state index contributed by atoms with van der Waals surface area (Å²) in [5.74, 6) is 0. The van der Waals surface area contributed by atoms with Crippen LogP contribution in [0.5, 0.6) is 0 Å². The Kier molecular flexibility index (Phi) is 6.27. The third-order valence-electron chi connectivity index (χ3n) is 5.54. The fourth-order valence-electron chi connectivity index (χ4n) is 3.80. The lowest BCUT2D eigenvalue weighted by Crippen LogP contribution is -2.53. The highest BCUT2D eigenvalue weighted by Gasteiger charge is 2.29. The highest BCUT2D eigenvalue weighted by molar-refractivity contribution is 4.87. The smallest absolute Gasteiger partial charge is 0.0234 e. The first-order valence-corrected chi connectivity index (χ1v) is 8.44. The van der Waals surface area contributed by atoms with E-state index in [1.165, 1.54) is 58.4 Å². The molecule has 1 N–H and O–H groups in total. The zero-order valence-electron chi connectivity index (χ0n) is 13.9. The van der Waals surface area contributed by atoms with Gasteiger partial charge in [-0.1, -0.05) is 6.92 Å². The molecule has 4 heteroatoms. The molecule has 4 nitrogen and oxygen atoms in total. The van der Waals surface area contributed by atoms with E-state index in [2.05, 4.69) is 48.1 Å². The van der Waals surface area contributed by atoms with Crippen molar-refractivity contribution >= 4 is 0 Å². The van der Waals surface area contributed by atoms with Crippen molar-refractivity contribution in [3.63, 3.8) is 0 Å². The lowest BCUT2D eigenvalue weighted by atomic mass is 9.96. The highest BCUT2D eigenvalue weighted by Crippen LogP contribution is 2.20. The van der Waals surface area contributed by atoms with Crippen molar-refractivity contribution in [3.8, 4) is 0 Å². The molecule has 2 aliphatic rings. The molecule has 0 radical (unpaired) electrons. The molecule has 0 aromatic heterocycles. The van der Waals surface area contributed by atoms with E-state index in [1.807, 2.05) is 0 Å². The number of rotatable bonds is 5. The number of piperidine rings is 2. The molecular weight excluding hydrogens is 248 g/mol. The second-order valence-corrected chi connectivity index (χ2v) is 6.75. The standard InChI is InChI=1S/C16H34N4/c1-5-20-10-7-15(8-11-20)19(4)13-16-12-14(17-2)6-9-18(16)3/h14-17H,5-13H2,1-4H3. The van der Waals surface area contributed by atoms with E-state index in [9.17, 15) is 0 Å². The molecule has 20 heavy (non-hydrogen) atoms. The first-order valence-electron chi connectivity index (χ1n) is 8.44. The van der Waals surface area contributed by atoms with Crippen LogP contribution in [0.25, 0.3) is 0 Å². The molecule has 2 atom stereocenters. The van der Waals surface area contributed by atoms with Gasteiger partial charge in [0.2, 0.25) is 0 Å². The van der Waals surface area contributed by atoms with Gasteiger partial charge in [-0.15, -0.1) is 0 Å². The molecule has 0 amide bonds. The molecule has 2 heterocycles. The molecule has 0 spiro atoms. The van der Waals surface area contributed by atoms with Gasteiger partial charge in [0.05, 0.1) is 0 Å². The molecule has 2 aliphatic heterocycles. The number of hydrogen-bond donors (Lipinski definition) is 1. The van der Waals surface area contributed by atoms with Gasteiger partial charge in [0.1, 0.15) is 0 Å². The molecular formula is C16H34N4. The Morgan fingerprint density at radius 1 is 1.15 bits per heavy atom. The van der Waals surface area contributed by atoms with Crippen LogP contribution in [0, 0.1) is 0 Å². The Balaban J connectivity index is 1.79. The van der Waals surface area contributed by atoms with E-state index in [0.29, 0.717) is 6.04 Å². The maximum absolute atomic E-state index is 3.47. The van der Waals surface area contributed by atoms with Crippen LogP contribution in [0.1, 0.15) is 32.6 Å². The third-order valence-corrected chi connectivity index (χ3v) is 5.54. The van der Waals surface area contributed by atoms with Crippen LogP contribution in [0.2, 0.25) is 0 Å². The Labute approximate surface area is 125 Å². The second kappa shape index (κ2) is 7.74. The van der Waals surface area contributed by atoms with Crippen molar-refractivity contribution in [2.24, 2.45) is 0 Å². The first kappa shape index (κ1) is 16.2. The lowest BCUT2D eigenvalue weighted by Gasteiger charge is -2.42. The summed E-state index contributed by atoms with van der Waals surface area (Å²) in [5, 5.41) is 3.47. The molecule has 0 aromatic carbocycles. The summed E-state index contributed by atoms with van der Waals surface area (Å²) < 4.78 is 0. The molecule has 0 saturated carbocycles. The van der Waals surface area contributed by atoms with Crippen LogP contribution in [0.3, 0.4) is 0 Å². The lowest BCUT2D eigenvalue weighted by molar-refractivity contribution is 0.0789. The molecule has 0 aliphatic carbocycles. The average Bonchev–Trinajstić information content (AvgIpc) is 2.49. The van der Waals surface area contributed by atoms with Gasteiger partial charge in [-0.05, 0) is 73.0 Å². The number of nitrogens with zero attached hydrogens (tertiary/aromatic N) is 3. The molecule has 118 valence electrons. The van der Waals surface area contributed by atoms with E-state index in [4.69, 9.17) is 0 Å². The van der Waals surface area contributed by atoms with Crippen LogP contribution in [-0.4, -0.2) is 86.7 Å². The highest BCUT2D eigenvalue weighted by atomic mass is 15.2. The second-order valence-electron chi connectivity index (χ2n) is 6.75. The third kappa shape index (κ3) is 4.17. The number of hydrogen-bond acceptors (Lipinski definition) is 4. The largest absolute Gasteiger partial charge is 0.317 e. The van der Waals surface area contributed by atoms with E-state index >= 15 is 0 Å². The van der Waals surface area contributed by atoms with Crippen molar-refractivity contribution in [2.45, 2.75) is 50.7 Å². The minimum absolute atomic E-state index is 0.714. The fraction of sp³-hybridized carbons (Fsp3) is 1.00. The predicted molar refractivity (Wildman–Crippen MR) is 86.3 cm³/mol. The van der Waals surface area contributed by atoms with Gasteiger partial charge in [0.15, 0.2) is 0 Å². The first-order chi connectivity index (χ1) is 9.63. The normalized spacial score (nSPS) is 31.1. The van der Waals surface area contributed by atoms with Gasteiger partial charge in [0.25, 0.3) is 0 Å². The van der Waals surface area contributed by atoms with Crippen molar-refractivity contribution in [3.05, 3.63) is 0 Å². The van der Waals surface area contributed by atoms with Crippen LogP contribution in [-0.2, 0) is 0 Å². The van der Waals surface area contributed by atoms with Gasteiger partial charge in [-0.3, -0.25) is 0 Å². The van der Waals surface area contributed by atoms with Gasteiger partial charge < -0.3 is 20.0 Å². The summed E-state index contributed by atoms with van der Waals surface area (Å²) >= 11 is 0. The predicted octanol–water partition coefficient (Wildman–Crippen LogP) is 1.08. The molecule has 2 saturated heterocycles. The number of nitrogens with one attached hydrogen (secondary N) is 1. The summed E-state index contributed by atoms with van der Waals surface area (Å²) in [6.07, 6.45) is 5.28. The van der Waals surface area contributed by atoms with Crippen molar-refractivity contribution in [1.82, 2.24) is 20.0 Å². The van der Waals surface area contributed by atoms with E-state index in [0.717, 1.165) is 12.1 Å². The van der Waals surface area contributed by atoms with Crippen LogP contribution >= 0.6 is 0 Å². The SMILES string of the molecule is CCN1CCC(N(C)CC2CC(NC)CCN2C)CC1. The number of likely N-dealkylation sites (tertiary alicyclic amines) is 2. The minimum atomic E-state index is 0.714. The molecule has 0 aromatic rings. The van der Waals surface area contributed by atoms with E-state index in [1.54, 1.807) is 0 Å². The summed E-state index contributed by atoms with van der Waals surface area (Å²) in [4.78, 5) is 7.77.